The fourth-order valence-electron chi connectivity index (χ4n) is 2.58. The molecule has 0 radical (unpaired) electrons. The first kappa shape index (κ1) is 14.7. The molecule has 1 saturated carbocycles. The number of rotatable bonds is 4. The number of nitro groups is 1. The van der Waals surface area contributed by atoms with Gasteiger partial charge in [0.2, 0.25) is 0 Å². The van der Waals surface area contributed by atoms with E-state index in [-0.39, 0.29) is 34.8 Å². The number of nitrogens with zero attached hydrogens (tertiary/aromatic N) is 1. The zero-order valence-electron chi connectivity index (χ0n) is 10.7. The summed E-state index contributed by atoms with van der Waals surface area (Å²) in [6.45, 7) is 0.00257. The number of aliphatic hydroxyl groups is 1. The number of amides is 1. The van der Waals surface area contributed by atoms with Crippen molar-refractivity contribution < 1.29 is 14.8 Å². The van der Waals surface area contributed by atoms with Crippen LogP contribution in [-0.2, 0) is 0 Å². The van der Waals surface area contributed by atoms with E-state index < -0.39 is 10.8 Å². The van der Waals surface area contributed by atoms with Crippen LogP contribution in [-0.4, -0.2) is 28.6 Å². The van der Waals surface area contributed by atoms with E-state index in [1.165, 1.54) is 18.2 Å². The van der Waals surface area contributed by atoms with E-state index in [4.69, 9.17) is 11.6 Å². The first-order valence-corrected chi connectivity index (χ1v) is 6.77. The number of para-hydroxylation sites is 1. The van der Waals surface area contributed by atoms with Crippen molar-refractivity contribution in [3.63, 3.8) is 0 Å². The largest absolute Gasteiger partial charge is 0.396 e. The number of nitrogens with one attached hydrogen (secondary N) is 1. The second-order valence-corrected chi connectivity index (χ2v) is 5.25. The highest BCUT2D eigenvalue weighted by molar-refractivity contribution is 6.33. The van der Waals surface area contributed by atoms with Gasteiger partial charge in [0, 0.05) is 18.6 Å². The molecule has 0 saturated heterocycles. The number of carbonyl (C=O) groups is 1. The van der Waals surface area contributed by atoms with E-state index in [0.29, 0.717) is 0 Å². The molecule has 0 aliphatic heterocycles. The molecule has 1 aromatic rings. The summed E-state index contributed by atoms with van der Waals surface area (Å²) >= 11 is 5.78. The van der Waals surface area contributed by atoms with Crippen molar-refractivity contribution in [2.45, 2.75) is 25.3 Å². The van der Waals surface area contributed by atoms with Gasteiger partial charge in [-0.25, -0.2) is 0 Å². The molecule has 108 valence electrons. The van der Waals surface area contributed by atoms with Gasteiger partial charge in [-0.15, -0.1) is 0 Å². The second-order valence-electron chi connectivity index (χ2n) is 4.85. The molecule has 20 heavy (non-hydrogen) atoms. The zero-order valence-corrected chi connectivity index (χ0v) is 11.5. The lowest BCUT2D eigenvalue weighted by Crippen LogP contribution is -2.38. The molecule has 0 spiro atoms. The molecular formula is C13H15ClN2O4. The predicted molar refractivity (Wildman–Crippen MR) is 73.8 cm³/mol. The Hall–Kier alpha value is -1.66. The quantitative estimate of drug-likeness (QED) is 0.658. The van der Waals surface area contributed by atoms with Crippen LogP contribution < -0.4 is 5.32 Å². The van der Waals surface area contributed by atoms with E-state index in [2.05, 4.69) is 5.32 Å². The SMILES string of the molecule is O=C(NC1CCCC1CO)c1cccc(Cl)c1[N+](=O)[O-]. The fourth-order valence-corrected chi connectivity index (χ4v) is 2.82. The molecule has 0 aromatic heterocycles. The van der Waals surface area contributed by atoms with Crippen LogP contribution in [0.5, 0.6) is 0 Å². The third-order valence-electron chi connectivity index (χ3n) is 3.62. The minimum Gasteiger partial charge on any atom is -0.396 e. The van der Waals surface area contributed by atoms with Gasteiger partial charge >= 0.3 is 5.69 Å². The monoisotopic (exact) mass is 298 g/mol. The molecule has 2 unspecified atom stereocenters. The number of carbonyl (C=O) groups excluding carboxylic acids is 1. The lowest BCUT2D eigenvalue weighted by Gasteiger charge is -2.19. The Kier molecular flexibility index (Phi) is 4.57. The Morgan fingerprint density at radius 3 is 2.90 bits per heavy atom. The second kappa shape index (κ2) is 6.19. The van der Waals surface area contributed by atoms with Crippen molar-refractivity contribution >= 4 is 23.2 Å². The fraction of sp³-hybridized carbons (Fsp3) is 0.462. The number of halogens is 1. The van der Waals surface area contributed by atoms with E-state index in [1.807, 2.05) is 0 Å². The average molecular weight is 299 g/mol. The number of benzene rings is 1. The van der Waals surface area contributed by atoms with Gasteiger partial charge in [-0.05, 0) is 25.0 Å². The molecule has 0 heterocycles. The third kappa shape index (κ3) is 2.91. The highest BCUT2D eigenvalue weighted by Gasteiger charge is 2.30. The van der Waals surface area contributed by atoms with Crippen LogP contribution in [0, 0.1) is 16.0 Å². The molecule has 1 aliphatic carbocycles. The maximum Gasteiger partial charge on any atom is 0.300 e. The Bertz CT molecular complexity index is 535. The van der Waals surface area contributed by atoms with E-state index in [0.717, 1.165) is 19.3 Å². The molecule has 7 heteroatoms. The number of hydrogen-bond donors (Lipinski definition) is 2. The molecule has 6 nitrogen and oxygen atoms in total. The van der Waals surface area contributed by atoms with Crippen molar-refractivity contribution in [2.75, 3.05) is 6.61 Å². The summed E-state index contributed by atoms with van der Waals surface area (Å²) in [6.07, 6.45) is 2.54. The van der Waals surface area contributed by atoms with Gasteiger partial charge in [-0.3, -0.25) is 14.9 Å². The number of aliphatic hydroxyl groups excluding tert-OH is 1. The van der Waals surface area contributed by atoms with E-state index in [9.17, 15) is 20.0 Å². The first-order valence-electron chi connectivity index (χ1n) is 6.39. The molecule has 1 aliphatic rings. The maximum absolute atomic E-state index is 12.2. The molecule has 2 atom stereocenters. The van der Waals surface area contributed by atoms with Gasteiger partial charge in [-0.1, -0.05) is 24.1 Å². The number of nitro benzene ring substituents is 1. The van der Waals surface area contributed by atoms with Crippen molar-refractivity contribution in [1.29, 1.82) is 0 Å². The Balaban J connectivity index is 2.21. The summed E-state index contributed by atoms with van der Waals surface area (Å²) in [6, 6.07) is 4.11. The van der Waals surface area contributed by atoms with Crippen LogP contribution in [0.15, 0.2) is 18.2 Å². The summed E-state index contributed by atoms with van der Waals surface area (Å²) in [4.78, 5) is 22.5. The molecule has 1 amide bonds. The lowest BCUT2D eigenvalue weighted by molar-refractivity contribution is -0.385. The zero-order chi connectivity index (χ0) is 14.7. The van der Waals surface area contributed by atoms with Gasteiger partial charge in [-0.2, -0.15) is 0 Å². The average Bonchev–Trinajstić information content (AvgIpc) is 2.85. The highest BCUT2D eigenvalue weighted by Crippen LogP contribution is 2.29. The summed E-state index contributed by atoms with van der Waals surface area (Å²) < 4.78 is 0. The smallest absolute Gasteiger partial charge is 0.300 e. The first-order chi connectivity index (χ1) is 9.54. The Morgan fingerprint density at radius 1 is 1.50 bits per heavy atom. The highest BCUT2D eigenvalue weighted by atomic mass is 35.5. The van der Waals surface area contributed by atoms with Crippen molar-refractivity contribution in [3.8, 4) is 0 Å². The van der Waals surface area contributed by atoms with Crippen LogP contribution in [0.4, 0.5) is 5.69 Å². The van der Waals surface area contributed by atoms with Crippen molar-refractivity contribution in [2.24, 2.45) is 5.92 Å². The van der Waals surface area contributed by atoms with Gasteiger partial charge in [0.25, 0.3) is 5.91 Å². The third-order valence-corrected chi connectivity index (χ3v) is 3.93. The summed E-state index contributed by atoms with van der Waals surface area (Å²) in [7, 11) is 0. The molecule has 2 rings (SSSR count). The van der Waals surface area contributed by atoms with E-state index >= 15 is 0 Å². The van der Waals surface area contributed by atoms with E-state index in [1.54, 1.807) is 0 Å². The molecular weight excluding hydrogens is 284 g/mol. The minimum absolute atomic E-state index is 0.00257. The minimum atomic E-state index is -0.657. The topological polar surface area (TPSA) is 92.5 Å². The van der Waals surface area contributed by atoms with Crippen LogP contribution in [0.1, 0.15) is 29.6 Å². The van der Waals surface area contributed by atoms with Crippen LogP contribution in [0.3, 0.4) is 0 Å². The van der Waals surface area contributed by atoms with Crippen LogP contribution >= 0.6 is 11.6 Å². The van der Waals surface area contributed by atoms with Crippen LogP contribution in [0.2, 0.25) is 5.02 Å². The maximum atomic E-state index is 12.2. The normalized spacial score (nSPS) is 21.7. The molecule has 1 fully saturated rings. The Morgan fingerprint density at radius 2 is 2.25 bits per heavy atom. The van der Waals surface area contributed by atoms with Gasteiger partial charge in [0.15, 0.2) is 0 Å². The van der Waals surface area contributed by atoms with Crippen LogP contribution in [0.25, 0.3) is 0 Å². The number of hydrogen-bond acceptors (Lipinski definition) is 4. The molecule has 2 N–H and O–H groups in total. The van der Waals surface area contributed by atoms with Gasteiger partial charge in [0.1, 0.15) is 10.6 Å². The summed E-state index contributed by atoms with van der Waals surface area (Å²) in [5.74, 6) is -0.512. The standard InChI is InChI=1S/C13H15ClN2O4/c14-10-5-2-4-9(12(10)16(19)20)13(18)15-11-6-1-3-8(11)7-17/h2,4-5,8,11,17H,1,3,6-7H2,(H,15,18). The Labute approximate surface area is 120 Å². The summed E-state index contributed by atoms with van der Waals surface area (Å²) in [5, 5.41) is 22.9. The predicted octanol–water partition coefficient (Wildman–Crippen LogP) is 2.14. The van der Waals surface area contributed by atoms with Gasteiger partial charge < -0.3 is 10.4 Å². The van der Waals surface area contributed by atoms with Crippen molar-refractivity contribution in [1.82, 2.24) is 5.32 Å². The van der Waals surface area contributed by atoms with Crippen molar-refractivity contribution in [3.05, 3.63) is 38.9 Å². The lowest BCUT2D eigenvalue weighted by atomic mass is 10.0. The molecule has 1 aromatic carbocycles. The molecule has 0 bridgehead atoms. The van der Waals surface area contributed by atoms with Gasteiger partial charge in [0.05, 0.1) is 4.92 Å². The summed E-state index contributed by atoms with van der Waals surface area (Å²) in [5.41, 5.74) is -0.434.